The van der Waals surface area contributed by atoms with Crippen molar-refractivity contribution in [2.45, 2.75) is 84.5 Å². The summed E-state index contributed by atoms with van der Waals surface area (Å²) in [5, 5.41) is 0. The Morgan fingerprint density at radius 1 is 1.09 bits per heavy atom. The molecule has 0 bridgehead atoms. The van der Waals surface area contributed by atoms with Crippen molar-refractivity contribution in [1.82, 2.24) is 0 Å². The Bertz CT molecular complexity index is 351. The number of hydrogen-bond donors (Lipinski definition) is 0. The predicted octanol–water partition coefficient (Wildman–Crippen LogP) is 7.72. The summed E-state index contributed by atoms with van der Waals surface area (Å²) in [6.45, 7) is 16.8. The van der Waals surface area contributed by atoms with E-state index in [1.165, 1.54) is 69.8 Å². The molecule has 23 heavy (non-hydrogen) atoms. The van der Waals surface area contributed by atoms with E-state index in [9.17, 15) is 0 Å². The van der Waals surface area contributed by atoms with Crippen LogP contribution in [0.3, 0.4) is 0 Å². The zero-order valence-corrected chi connectivity index (χ0v) is 15.9. The SMILES string of the molecule is C=CCC(=C)C(CC)CCCC(C)C1CCCC(CC=C)CC1. The van der Waals surface area contributed by atoms with E-state index in [1.54, 1.807) is 0 Å². The standard InChI is InChI=1S/C23H40/c1-6-11-19(4)22(8-3)15-9-13-20(5)23-16-10-14-21(12-7-2)17-18-23/h6-7,20-23H,1-2,4,8-18H2,3,5H3. The zero-order valence-electron chi connectivity index (χ0n) is 15.9. The third kappa shape index (κ3) is 7.55. The lowest BCUT2D eigenvalue weighted by Gasteiger charge is -2.24. The van der Waals surface area contributed by atoms with Crippen molar-refractivity contribution in [1.29, 1.82) is 0 Å². The molecule has 1 aliphatic rings. The van der Waals surface area contributed by atoms with Crippen molar-refractivity contribution in [2.75, 3.05) is 0 Å². The van der Waals surface area contributed by atoms with Gasteiger partial charge in [-0.3, -0.25) is 0 Å². The Balaban J connectivity index is 2.32. The summed E-state index contributed by atoms with van der Waals surface area (Å²) >= 11 is 0. The molecule has 0 heteroatoms. The van der Waals surface area contributed by atoms with Crippen LogP contribution in [0.1, 0.15) is 84.5 Å². The summed E-state index contributed by atoms with van der Waals surface area (Å²) in [6, 6.07) is 0. The fourth-order valence-electron chi connectivity index (χ4n) is 4.42. The molecule has 1 fully saturated rings. The number of allylic oxidation sites excluding steroid dienone is 3. The van der Waals surface area contributed by atoms with E-state index in [-0.39, 0.29) is 0 Å². The molecule has 0 heterocycles. The first-order valence-electron chi connectivity index (χ1n) is 10.0. The van der Waals surface area contributed by atoms with Crippen LogP contribution in [0.15, 0.2) is 37.5 Å². The average Bonchev–Trinajstić information content (AvgIpc) is 2.77. The highest BCUT2D eigenvalue weighted by atomic mass is 14.3. The topological polar surface area (TPSA) is 0 Å². The van der Waals surface area contributed by atoms with Crippen LogP contribution in [0.2, 0.25) is 0 Å². The lowest BCUT2D eigenvalue weighted by atomic mass is 9.82. The van der Waals surface area contributed by atoms with Crippen molar-refractivity contribution in [3.63, 3.8) is 0 Å². The minimum absolute atomic E-state index is 0.700. The van der Waals surface area contributed by atoms with E-state index in [4.69, 9.17) is 0 Å². The Morgan fingerprint density at radius 3 is 2.52 bits per heavy atom. The molecule has 1 rings (SSSR count). The summed E-state index contributed by atoms with van der Waals surface area (Å²) in [5.41, 5.74) is 1.39. The second-order valence-corrected chi connectivity index (χ2v) is 7.82. The maximum absolute atomic E-state index is 4.26. The van der Waals surface area contributed by atoms with Crippen LogP contribution in [-0.4, -0.2) is 0 Å². The van der Waals surface area contributed by atoms with Gasteiger partial charge in [-0.05, 0) is 62.2 Å². The molecule has 0 aromatic carbocycles. The highest BCUT2D eigenvalue weighted by molar-refractivity contribution is 5.04. The quantitative estimate of drug-likeness (QED) is 0.270. The Hall–Kier alpha value is -0.780. The molecule has 0 spiro atoms. The number of hydrogen-bond acceptors (Lipinski definition) is 0. The van der Waals surface area contributed by atoms with Gasteiger partial charge in [-0.15, -0.1) is 13.2 Å². The summed E-state index contributed by atoms with van der Waals surface area (Å²) in [6.07, 6.45) is 18.8. The lowest BCUT2D eigenvalue weighted by Crippen LogP contribution is -2.12. The third-order valence-corrected chi connectivity index (χ3v) is 6.13. The van der Waals surface area contributed by atoms with Crippen molar-refractivity contribution in [3.8, 4) is 0 Å². The van der Waals surface area contributed by atoms with E-state index in [0.717, 1.165) is 24.2 Å². The predicted molar refractivity (Wildman–Crippen MR) is 106 cm³/mol. The maximum Gasteiger partial charge on any atom is -0.0141 e. The van der Waals surface area contributed by atoms with Crippen molar-refractivity contribution < 1.29 is 0 Å². The first kappa shape index (κ1) is 20.3. The van der Waals surface area contributed by atoms with Gasteiger partial charge in [0.05, 0.1) is 0 Å². The van der Waals surface area contributed by atoms with E-state index in [1.807, 2.05) is 6.08 Å². The lowest BCUT2D eigenvalue weighted by molar-refractivity contribution is 0.287. The van der Waals surface area contributed by atoms with Crippen LogP contribution < -0.4 is 0 Å². The van der Waals surface area contributed by atoms with Gasteiger partial charge in [0, 0.05) is 0 Å². The first-order valence-corrected chi connectivity index (χ1v) is 10.0. The molecule has 0 saturated heterocycles. The molecule has 0 aliphatic heterocycles. The first-order chi connectivity index (χ1) is 11.1. The molecule has 0 aromatic rings. The van der Waals surface area contributed by atoms with Gasteiger partial charge < -0.3 is 0 Å². The molecule has 0 amide bonds. The molecular weight excluding hydrogens is 276 g/mol. The highest BCUT2D eigenvalue weighted by Crippen LogP contribution is 2.35. The molecule has 4 unspecified atom stereocenters. The Labute approximate surface area is 146 Å². The molecule has 0 N–H and O–H groups in total. The van der Waals surface area contributed by atoms with E-state index in [0.29, 0.717) is 5.92 Å². The minimum atomic E-state index is 0.700. The number of rotatable bonds is 11. The summed E-state index contributed by atoms with van der Waals surface area (Å²) < 4.78 is 0. The van der Waals surface area contributed by atoms with E-state index < -0.39 is 0 Å². The van der Waals surface area contributed by atoms with Crippen LogP contribution in [0.25, 0.3) is 0 Å². The summed E-state index contributed by atoms with van der Waals surface area (Å²) in [4.78, 5) is 0. The average molecular weight is 317 g/mol. The van der Waals surface area contributed by atoms with Crippen molar-refractivity contribution in [3.05, 3.63) is 37.5 Å². The molecule has 0 aromatic heterocycles. The largest absolute Gasteiger partial charge is 0.103 e. The van der Waals surface area contributed by atoms with Crippen LogP contribution in [0.5, 0.6) is 0 Å². The molecule has 0 radical (unpaired) electrons. The van der Waals surface area contributed by atoms with E-state index in [2.05, 4.69) is 39.7 Å². The maximum atomic E-state index is 4.26. The van der Waals surface area contributed by atoms with Crippen molar-refractivity contribution >= 4 is 0 Å². The monoisotopic (exact) mass is 316 g/mol. The molecule has 4 atom stereocenters. The molecule has 0 nitrogen and oxygen atoms in total. The fraction of sp³-hybridized carbons (Fsp3) is 0.739. The minimum Gasteiger partial charge on any atom is -0.103 e. The second kappa shape index (κ2) is 11.7. The van der Waals surface area contributed by atoms with Crippen LogP contribution in [0, 0.1) is 23.7 Å². The Morgan fingerprint density at radius 2 is 1.87 bits per heavy atom. The van der Waals surface area contributed by atoms with Gasteiger partial charge in [0.15, 0.2) is 0 Å². The zero-order chi connectivity index (χ0) is 17.1. The molecule has 132 valence electrons. The molecule has 1 saturated carbocycles. The van der Waals surface area contributed by atoms with Gasteiger partial charge in [-0.2, -0.15) is 0 Å². The molecular formula is C23H40. The smallest absolute Gasteiger partial charge is 0.0141 e. The fourth-order valence-corrected chi connectivity index (χ4v) is 4.42. The van der Waals surface area contributed by atoms with E-state index >= 15 is 0 Å². The normalized spacial score (nSPS) is 24.4. The Kier molecular flexibility index (Phi) is 10.3. The highest BCUT2D eigenvalue weighted by Gasteiger charge is 2.22. The van der Waals surface area contributed by atoms with Gasteiger partial charge >= 0.3 is 0 Å². The third-order valence-electron chi connectivity index (χ3n) is 6.13. The van der Waals surface area contributed by atoms with Gasteiger partial charge in [-0.1, -0.05) is 70.3 Å². The van der Waals surface area contributed by atoms with Gasteiger partial charge in [0.25, 0.3) is 0 Å². The van der Waals surface area contributed by atoms with Gasteiger partial charge in [0.2, 0.25) is 0 Å². The van der Waals surface area contributed by atoms with Gasteiger partial charge in [-0.25, -0.2) is 0 Å². The van der Waals surface area contributed by atoms with Crippen LogP contribution in [0.4, 0.5) is 0 Å². The van der Waals surface area contributed by atoms with Crippen LogP contribution >= 0.6 is 0 Å². The summed E-state index contributed by atoms with van der Waals surface area (Å²) in [7, 11) is 0. The second-order valence-electron chi connectivity index (χ2n) is 7.82. The van der Waals surface area contributed by atoms with Crippen molar-refractivity contribution in [2.24, 2.45) is 23.7 Å². The summed E-state index contributed by atoms with van der Waals surface area (Å²) in [5.74, 6) is 3.46. The molecule has 1 aliphatic carbocycles. The van der Waals surface area contributed by atoms with Crippen LogP contribution in [-0.2, 0) is 0 Å². The van der Waals surface area contributed by atoms with Gasteiger partial charge in [0.1, 0.15) is 0 Å².